The number of hydrogen-bond acceptors (Lipinski definition) is 5. The van der Waals surface area contributed by atoms with Gasteiger partial charge in [0.2, 0.25) is 0 Å². The topological polar surface area (TPSA) is 93.3 Å². The fourth-order valence-electron chi connectivity index (χ4n) is 3.80. The average Bonchev–Trinajstić information content (AvgIpc) is 3.30. The molecule has 2 N–H and O–H groups in total. The molecular weight excluding hydrogens is 298 g/mol. The normalized spacial score (nSPS) is 32.2. The highest BCUT2D eigenvalue weighted by Gasteiger charge is 2.54. The number of aromatic amines is 1. The Morgan fingerprint density at radius 2 is 2.30 bits per heavy atom. The number of rotatable bonds is 5. The van der Waals surface area contributed by atoms with Crippen LogP contribution in [-0.2, 0) is 9.47 Å². The van der Waals surface area contributed by atoms with Crippen molar-refractivity contribution in [3.05, 3.63) is 27.9 Å². The number of amides is 1. The van der Waals surface area contributed by atoms with Crippen LogP contribution in [0.3, 0.4) is 0 Å². The zero-order chi connectivity index (χ0) is 16.0. The lowest BCUT2D eigenvalue weighted by Crippen LogP contribution is -2.63. The molecule has 0 bridgehead atoms. The molecule has 3 fully saturated rings. The maximum absolute atomic E-state index is 12.5. The molecule has 0 aromatic carbocycles. The van der Waals surface area contributed by atoms with Crippen LogP contribution in [0.25, 0.3) is 0 Å². The van der Waals surface area contributed by atoms with Gasteiger partial charge in [-0.15, -0.1) is 0 Å². The van der Waals surface area contributed by atoms with Crippen molar-refractivity contribution in [2.24, 2.45) is 11.8 Å². The van der Waals surface area contributed by atoms with Crippen LogP contribution < -0.4 is 10.9 Å². The molecule has 0 spiro atoms. The van der Waals surface area contributed by atoms with E-state index in [-0.39, 0.29) is 35.1 Å². The number of carbonyl (C=O) groups excluding carboxylic acids is 1. The molecule has 124 valence electrons. The second-order valence-corrected chi connectivity index (χ2v) is 6.69. The van der Waals surface area contributed by atoms with Gasteiger partial charge in [0.1, 0.15) is 11.4 Å². The molecule has 0 radical (unpaired) electrons. The summed E-state index contributed by atoms with van der Waals surface area (Å²) in [5.74, 6) is 1.15. The van der Waals surface area contributed by atoms with Crippen LogP contribution in [0, 0.1) is 11.8 Å². The molecule has 4 rings (SSSR count). The summed E-state index contributed by atoms with van der Waals surface area (Å²) in [6.07, 6.45) is 4.60. The SMILES string of the molecule is COC[C@@H]1[C@H](NC(=O)c2cnc(C3CC3)[nH]c2=O)[C@@H]2CCO[C@H]12. The molecule has 3 aliphatic rings. The van der Waals surface area contributed by atoms with Crippen LogP contribution in [0.5, 0.6) is 0 Å². The highest BCUT2D eigenvalue weighted by atomic mass is 16.5. The zero-order valence-electron chi connectivity index (χ0n) is 13.1. The van der Waals surface area contributed by atoms with Gasteiger partial charge in [-0.3, -0.25) is 9.59 Å². The standard InChI is InChI=1S/C16H21N3O4/c1-22-7-11-12(9-4-5-23-13(9)11)18-15(20)10-6-17-14(8-2-3-8)19-16(10)21/h6,8-9,11-13H,2-5,7H2,1H3,(H,18,20)(H,17,19,21)/t9-,11+,12+,13-/m0/s1. The number of ether oxygens (including phenoxy) is 2. The Balaban J connectivity index is 1.48. The summed E-state index contributed by atoms with van der Waals surface area (Å²) in [5, 5.41) is 2.99. The van der Waals surface area contributed by atoms with Gasteiger partial charge in [-0.25, -0.2) is 4.98 Å². The van der Waals surface area contributed by atoms with Gasteiger partial charge in [-0.05, 0) is 19.3 Å². The van der Waals surface area contributed by atoms with Crippen molar-refractivity contribution >= 4 is 5.91 Å². The van der Waals surface area contributed by atoms with E-state index in [2.05, 4.69) is 15.3 Å². The van der Waals surface area contributed by atoms with E-state index in [4.69, 9.17) is 9.47 Å². The van der Waals surface area contributed by atoms with E-state index in [0.717, 1.165) is 25.9 Å². The van der Waals surface area contributed by atoms with Gasteiger partial charge in [0.05, 0.1) is 12.7 Å². The number of H-pyrrole nitrogens is 1. The smallest absolute Gasteiger partial charge is 0.263 e. The number of nitrogens with zero attached hydrogens (tertiary/aromatic N) is 1. The Hall–Kier alpha value is -1.73. The number of fused-ring (bicyclic) bond motifs is 1. The van der Waals surface area contributed by atoms with Crippen molar-refractivity contribution in [3.63, 3.8) is 0 Å². The van der Waals surface area contributed by atoms with Crippen LogP contribution in [-0.4, -0.2) is 48.3 Å². The summed E-state index contributed by atoms with van der Waals surface area (Å²) in [4.78, 5) is 31.5. The van der Waals surface area contributed by atoms with Crippen molar-refractivity contribution < 1.29 is 14.3 Å². The van der Waals surface area contributed by atoms with Crippen molar-refractivity contribution in [1.29, 1.82) is 0 Å². The first-order valence-electron chi connectivity index (χ1n) is 8.19. The van der Waals surface area contributed by atoms with Gasteiger partial charge >= 0.3 is 0 Å². The zero-order valence-corrected chi connectivity index (χ0v) is 13.1. The minimum atomic E-state index is -0.363. The molecule has 1 aromatic heterocycles. The first-order valence-corrected chi connectivity index (χ1v) is 8.19. The fourth-order valence-corrected chi connectivity index (χ4v) is 3.80. The molecule has 23 heavy (non-hydrogen) atoms. The molecule has 1 saturated heterocycles. The first kappa shape index (κ1) is 14.8. The average molecular weight is 319 g/mol. The third-order valence-corrected chi connectivity index (χ3v) is 5.21. The van der Waals surface area contributed by atoms with E-state index >= 15 is 0 Å². The second-order valence-electron chi connectivity index (χ2n) is 6.69. The molecule has 4 atom stereocenters. The number of aromatic nitrogens is 2. The molecule has 7 heteroatoms. The predicted molar refractivity (Wildman–Crippen MR) is 81.3 cm³/mol. The molecule has 0 unspecified atom stereocenters. The van der Waals surface area contributed by atoms with Gasteiger partial charge in [-0.2, -0.15) is 0 Å². The highest BCUT2D eigenvalue weighted by molar-refractivity contribution is 5.93. The van der Waals surface area contributed by atoms with Crippen LogP contribution in [0.15, 0.2) is 11.0 Å². The molecule has 2 saturated carbocycles. The maximum Gasteiger partial charge on any atom is 0.263 e. The minimum absolute atomic E-state index is 0.00235. The monoisotopic (exact) mass is 319 g/mol. The summed E-state index contributed by atoms with van der Waals surface area (Å²) in [6.45, 7) is 1.27. The highest BCUT2D eigenvalue weighted by Crippen LogP contribution is 2.43. The quantitative estimate of drug-likeness (QED) is 0.821. The van der Waals surface area contributed by atoms with E-state index in [1.54, 1.807) is 7.11 Å². The predicted octanol–water partition coefficient (Wildman–Crippen LogP) is 0.427. The minimum Gasteiger partial charge on any atom is -0.384 e. The fraction of sp³-hybridized carbons (Fsp3) is 0.688. The van der Waals surface area contributed by atoms with E-state index < -0.39 is 0 Å². The van der Waals surface area contributed by atoms with Crippen molar-refractivity contribution in [2.75, 3.05) is 20.3 Å². The van der Waals surface area contributed by atoms with Gasteiger partial charge in [0.15, 0.2) is 0 Å². The molecule has 1 aromatic rings. The van der Waals surface area contributed by atoms with E-state index in [9.17, 15) is 9.59 Å². The first-order chi connectivity index (χ1) is 11.2. The van der Waals surface area contributed by atoms with Crippen molar-refractivity contribution in [1.82, 2.24) is 15.3 Å². The van der Waals surface area contributed by atoms with E-state index in [1.165, 1.54) is 6.20 Å². The van der Waals surface area contributed by atoms with Crippen molar-refractivity contribution in [3.8, 4) is 0 Å². The Kier molecular flexibility index (Phi) is 3.69. The number of hydrogen-bond donors (Lipinski definition) is 2. The van der Waals surface area contributed by atoms with E-state index in [1.807, 2.05) is 0 Å². The second kappa shape index (κ2) is 5.72. The molecule has 7 nitrogen and oxygen atoms in total. The molecule has 2 aliphatic carbocycles. The number of methoxy groups -OCH3 is 1. The van der Waals surface area contributed by atoms with Gasteiger partial charge in [-0.1, -0.05) is 0 Å². The lowest BCUT2D eigenvalue weighted by Gasteiger charge is -2.47. The number of carbonyl (C=O) groups is 1. The Labute approximate surface area is 133 Å². The third-order valence-electron chi connectivity index (χ3n) is 5.21. The Bertz CT molecular complexity index is 670. The number of nitrogens with one attached hydrogen (secondary N) is 2. The Morgan fingerprint density at radius 3 is 3.00 bits per heavy atom. The van der Waals surface area contributed by atoms with Crippen LogP contribution in [0.2, 0.25) is 0 Å². The third kappa shape index (κ3) is 2.57. The lowest BCUT2D eigenvalue weighted by molar-refractivity contribution is -0.0809. The largest absolute Gasteiger partial charge is 0.384 e. The molecular formula is C16H21N3O4. The maximum atomic E-state index is 12.5. The Morgan fingerprint density at radius 1 is 1.48 bits per heavy atom. The summed E-state index contributed by atoms with van der Waals surface area (Å²) in [6, 6.07) is -0.00235. The summed E-state index contributed by atoms with van der Waals surface area (Å²) >= 11 is 0. The van der Waals surface area contributed by atoms with Crippen LogP contribution >= 0.6 is 0 Å². The van der Waals surface area contributed by atoms with Gasteiger partial charge in [0.25, 0.3) is 11.5 Å². The summed E-state index contributed by atoms with van der Waals surface area (Å²) < 4.78 is 10.9. The molecule has 1 aliphatic heterocycles. The van der Waals surface area contributed by atoms with Gasteiger partial charge in [0, 0.05) is 43.7 Å². The van der Waals surface area contributed by atoms with Crippen molar-refractivity contribution in [2.45, 2.75) is 37.3 Å². The molecule has 1 amide bonds. The van der Waals surface area contributed by atoms with Crippen LogP contribution in [0.1, 0.15) is 41.4 Å². The van der Waals surface area contributed by atoms with E-state index in [0.29, 0.717) is 24.3 Å². The summed E-state index contributed by atoms with van der Waals surface area (Å²) in [7, 11) is 1.65. The van der Waals surface area contributed by atoms with Crippen LogP contribution in [0.4, 0.5) is 0 Å². The molecule has 2 heterocycles. The summed E-state index contributed by atoms with van der Waals surface area (Å²) in [5.41, 5.74) is -0.283. The lowest BCUT2D eigenvalue weighted by atomic mass is 9.67. The van der Waals surface area contributed by atoms with Gasteiger partial charge < -0.3 is 19.8 Å².